The minimum Gasteiger partial charge on any atom is -0.406 e. The van der Waals surface area contributed by atoms with Crippen molar-refractivity contribution in [2.75, 3.05) is 0 Å². The van der Waals surface area contributed by atoms with Crippen molar-refractivity contribution >= 4 is 11.6 Å². The van der Waals surface area contributed by atoms with Gasteiger partial charge < -0.3 is 9.15 Å². The van der Waals surface area contributed by atoms with Crippen LogP contribution in [0.4, 0.5) is 13.2 Å². The van der Waals surface area contributed by atoms with Crippen LogP contribution in [0.25, 0.3) is 11.5 Å². The Morgan fingerprint density at radius 2 is 2.06 bits per heavy atom. The highest BCUT2D eigenvalue weighted by Gasteiger charge is 2.31. The smallest absolute Gasteiger partial charge is 0.406 e. The molecule has 0 aliphatic rings. The summed E-state index contributed by atoms with van der Waals surface area (Å²) in [6.07, 6.45) is -4.84. The molecule has 1 aromatic carbocycles. The van der Waals surface area contributed by atoms with E-state index in [0.29, 0.717) is 0 Å². The Balaban J connectivity index is 2.41. The molecule has 2 rings (SSSR count). The van der Waals surface area contributed by atoms with Crippen molar-refractivity contribution in [1.29, 1.82) is 0 Å². The van der Waals surface area contributed by atoms with E-state index >= 15 is 0 Å². The lowest BCUT2D eigenvalue weighted by Gasteiger charge is -2.09. The van der Waals surface area contributed by atoms with Crippen LogP contribution in [0.3, 0.4) is 0 Å². The zero-order valence-electron chi connectivity index (χ0n) is 8.42. The molecular formula is C9H4ClF3N2O3. The number of alkyl halides is 3. The zero-order chi connectivity index (χ0) is 13.3. The van der Waals surface area contributed by atoms with Gasteiger partial charge in [0, 0.05) is 10.6 Å². The van der Waals surface area contributed by atoms with E-state index in [0.717, 1.165) is 12.1 Å². The van der Waals surface area contributed by atoms with Gasteiger partial charge in [-0.15, -0.1) is 18.3 Å². The van der Waals surface area contributed by atoms with Crippen LogP contribution in [0, 0.1) is 0 Å². The summed E-state index contributed by atoms with van der Waals surface area (Å²) in [6.45, 7) is 0. The Kier molecular flexibility index (Phi) is 3.04. The van der Waals surface area contributed by atoms with Gasteiger partial charge in [-0.1, -0.05) is 11.6 Å². The van der Waals surface area contributed by atoms with E-state index in [4.69, 9.17) is 11.6 Å². The Bertz CT molecular complexity index is 620. The number of hydrogen-bond acceptors (Lipinski definition) is 4. The summed E-state index contributed by atoms with van der Waals surface area (Å²) in [5.41, 5.74) is 0.0834. The van der Waals surface area contributed by atoms with E-state index in [9.17, 15) is 18.0 Å². The molecular weight excluding hydrogens is 277 g/mol. The Hall–Kier alpha value is -1.96. The van der Waals surface area contributed by atoms with E-state index in [-0.39, 0.29) is 16.5 Å². The second kappa shape index (κ2) is 4.37. The molecule has 0 bridgehead atoms. The molecule has 0 aliphatic heterocycles. The molecule has 96 valence electrons. The summed E-state index contributed by atoms with van der Waals surface area (Å²) < 4.78 is 44.5. The number of nitrogens with zero attached hydrogens (tertiary/aromatic N) is 1. The number of rotatable bonds is 2. The fraction of sp³-hybridized carbons (Fsp3) is 0.111. The molecule has 0 amide bonds. The SMILES string of the molecule is O=c1[nH]nc(-c2cc(Cl)cc(OC(F)(F)F)c2)o1. The van der Waals surface area contributed by atoms with Crippen LogP contribution in [-0.4, -0.2) is 16.6 Å². The lowest BCUT2D eigenvalue weighted by atomic mass is 10.2. The Morgan fingerprint density at radius 1 is 1.33 bits per heavy atom. The van der Waals surface area contributed by atoms with E-state index in [1.54, 1.807) is 0 Å². The number of H-pyrrole nitrogens is 1. The molecule has 0 fully saturated rings. The van der Waals surface area contributed by atoms with Crippen molar-refractivity contribution in [2.24, 2.45) is 0 Å². The monoisotopic (exact) mass is 280 g/mol. The van der Waals surface area contributed by atoms with Crippen molar-refractivity contribution in [2.45, 2.75) is 6.36 Å². The zero-order valence-corrected chi connectivity index (χ0v) is 9.17. The second-order valence-corrected chi connectivity index (χ2v) is 3.58. The average Bonchev–Trinajstić information content (AvgIpc) is 2.61. The van der Waals surface area contributed by atoms with Crippen molar-refractivity contribution in [1.82, 2.24) is 10.2 Å². The number of benzene rings is 1. The van der Waals surface area contributed by atoms with Gasteiger partial charge >= 0.3 is 12.1 Å². The third-order valence-electron chi connectivity index (χ3n) is 1.79. The molecule has 1 aromatic heterocycles. The van der Waals surface area contributed by atoms with Crippen molar-refractivity contribution < 1.29 is 22.3 Å². The fourth-order valence-electron chi connectivity index (χ4n) is 1.23. The van der Waals surface area contributed by atoms with Gasteiger partial charge in [-0.05, 0) is 18.2 Å². The summed E-state index contributed by atoms with van der Waals surface area (Å²) >= 11 is 5.63. The van der Waals surface area contributed by atoms with Gasteiger partial charge in [-0.2, -0.15) is 0 Å². The van der Waals surface area contributed by atoms with Crippen LogP contribution in [0.5, 0.6) is 5.75 Å². The first-order valence-corrected chi connectivity index (χ1v) is 4.83. The first-order valence-electron chi connectivity index (χ1n) is 4.46. The molecule has 18 heavy (non-hydrogen) atoms. The van der Waals surface area contributed by atoms with Gasteiger partial charge in [0.1, 0.15) is 5.75 Å². The van der Waals surface area contributed by atoms with Crippen LogP contribution in [0.2, 0.25) is 5.02 Å². The number of nitrogens with one attached hydrogen (secondary N) is 1. The molecule has 0 atom stereocenters. The molecule has 0 spiro atoms. The van der Waals surface area contributed by atoms with Crippen molar-refractivity contribution in [3.05, 3.63) is 33.8 Å². The maximum atomic E-state index is 12.1. The minimum absolute atomic E-state index is 0.0163. The van der Waals surface area contributed by atoms with Gasteiger partial charge in [0.15, 0.2) is 0 Å². The standard InChI is InChI=1S/C9H4ClF3N2O3/c10-5-1-4(7-14-15-8(16)17-7)2-6(3-5)18-9(11,12)13/h1-3H,(H,15,16). The molecule has 0 radical (unpaired) electrons. The minimum atomic E-state index is -4.84. The van der Waals surface area contributed by atoms with Crippen LogP contribution >= 0.6 is 11.6 Å². The molecule has 5 nitrogen and oxygen atoms in total. The van der Waals surface area contributed by atoms with Gasteiger partial charge in [-0.3, -0.25) is 0 Å². The lowest BCUT2D eigenvalue weighted by molar-refractivity contribution is -0.274. The highest BCUT2D eigenvalue weighted by molar-refractivity contribution is 6.31. The highest BCUT2D eigenvalue weighted by atomic mass is 35.5. The lowest BCUT2D eigenvalue weighted by Crippen LogP contribution is -2.17. The summed E-state index contributed by atoms with van der Waals surface area (Å²) in [6, 6.07) is 3.26. The Morgan fingerprint density at radius 3 is 2.61 bits per heavy atom. The third kappa shape index (κ3) is 3.04. The largest absolute Gasteiger partial charge is 0.573 e. The number of ether oxygens (including phenoxy) is 1. The van der Waals surface area contributed by atoms with Crippen LogP contribution < -0.4 is 10.5 Å². The molecule has 0 saturated carbocycles. The van der Waals surface area contributed by atoms with Crippen molar-refractivity contribution in [3.8, 4) is 17.2 Å². The molecule has 9 heteroatoms. The fourth-order valence-corrected chi connectivity index (χ4v) is 1.46. The van der Waals surface area contributed by atoms with Gasteiger partial charge in [0.2, 0.25) is 5.89 Å². The van der Waals surface area contributed by atoms with Crippen LogP contribution in [0.15, 0.2) is 27.4 Å². The molecule has 0 unspecified atom stereocenters. The molecule has 0 aliphatic carbocycles. The molecule has 2 aromatic rings. The number of aromatic nitrogens is 2. The topological polar surface area (TPSA) is 68.1 Å². The number of halogens is 4. The normalized spacial score (nSPS) is 11.6. The quantitative estimate of drug-likeness (QED) is 0.918. The maximum Gasteiger partial charge on any atom is 0.573 e. The van der Waals surface area contributed by atoms with E-state index in [1.807, 2.05) is 5.10 Å². The van der Waals surface area contributed by atoms with Crippen molar-refractivity contribution in [3.63, 3.8) is 0 Å². The first-order chi connectivity index (χ1) is 8.33. The molecule has 1 heterocycles. The van der Waals surface area contributed by atoms with Gasteiger partial charge in [0.25, 0.3) is 0 Å². The predicted molar refractivity (Wildman–Crippen MR) is 54.3 cm³/mol. The van der Waals surface area contributed by atoms with E-state index in [1.165, 1.54) is 6.07 Å². The summed E-state index contributed by atoms with van der Waals surface area (Å²) in [7, 11) is 0. The summed E-state index contributed by atoms with van der Waals surface area (Å²) in [4.78, 5) is 10.7. The van der Waals surface area contributed by atoms with Gasteiger partial charge in [-0.25, -0.2) is 9.89 Å². The number of hydrogen-bond donors (Lipinski definition) is 1. The third-order valence-corrected chi connectivity index (χ3v) is 2.01. The van der Waals surface area contributed by atoms with E-state index < -0.39 is 17.9 Å². The van der Waals surface area contributed by atoms with E-state index in [2.05, 4.69) is 14.3 Å². The maximum absolute atomic E-state index is 12.1. The predicted octanol–water partition coefficient (Wildman–Crippen LogP) is 2.58. The van der Waals surface area contributed by atoms with Crippen LogP contribution in [0.1, 0.15) is 0 Å². The Labute approximate surface area is 102 Å². The summed E-state index contributed by atoms with van der Waals surface area (Å²) in [5.74, 6) is -1.55. The average molecular weight is 281 g/mol. The molecule has 0 saturated heterocycles. The van der Waals surface area contributed by atoms with Crippen LogP contribution in [-0.2, 0) is 0 Å². The summed E-state index contributed by atoms with van der Waals surface area (Å²) in [5, 5.41) is 5.42. The number of aromatic amines is 1. The second-order valence-electron chi connectivity index (χ2n) is 3.14. The van der Waals surface area contributed by atoms with Gasteiger partial charge in [0.05, 0.1) is 0 Å². The molecule has 1 N–H and O–H groups in total. The highest BCUT2D eigenvalue weighted by Crippen LogP contribution is 2.30. The first kappa shape index (κ1) is 12.5.